The molecule has 0 fully saturated rings. The standard InChI is InChI=1S/C7H16NO2/c1-6(2)8(3)4-7(10)5-9/h6-7,10H,4-5H2,1-3H3. The number of hydrogen-bond donors (Lipinski definition) is 1. The van der Waals surface area contributed by atoms with Crippen LogP contribution in [0.5, 0.6) is 0 Å². The van der Waals surface area contributed by atoms with Crippen LogP contribution in [-0.4, -0.2) is 42.4 Å². The normalized spacial score (nSPS) is 14.7. The van der Waals surface area contributed by atoms with Gasteiger partial charge in [-0.1, -0.05) is 0 Å². The van der Waals surface area contributed by atoms with Crippen LogP contribution in [0, 0.1) is 0 Å². The van der Waals surface area contributed by atoms with Crippen molar-refractivity contribution in [2.24, 2.45) is 0 Å². The topological polar surface area (TPSA) is 43.4 Å². The number of aliphatic hydroxyl groups excluding tert-OH is 1. The molecule has 1 unspecified atom stereocenters. The molecule has 0 amide bonds. The van der Waals surface area contributed by atoms with E-state index in [1.807, 2.05) is 25.8 Å². The highest BCUT2D eigenvalue weighted by molar-refractivity contribution is 4.62. The summed E-state index contributed by atoms with van der Waals surface area (Å²) in [7, 11) is 1.89. The van der Waals surface area contributed by atoms with E-state index in [1.54, 1.807) is 0 Å². The van der Waals surface area contributed by atoms with E-state index < -0.39 is 12.7 Å². The zero-order valence-corrected chi connectivity index (χ0v) is 6.87. The first-order valence-corrected chi connectivity index (χ1v) is 3.54. The minimum absolute atomic E-state index is 0.390. The maximum absolute atomic E-state index is 10.1. The average molecular weight is 146 g/mol. The lowest BCUT2D eigenvalue weighted by Crippen LogP contribution is -2.35. The molecule has 1 N–H and O–H groups in total. The first-order chi connectivity index (χ1) is 4.57. The third-order valence-electron chi connectivity index (χ3n) is 1.57. The fraction of sp³-hybridized carbons (Fsp3) is 1.00. The van der Waals surface area contributed by atoms with Gasteiger partial charge in [-0.05, 0) is 20.9 Å². The third kappa shape index (κ3) is 3.82. The van der Waals surface area contributed by atoms with Gasteiger partial charge in [0.1, 0.15) is 6.61 Å². The number of likely N-dealkylation sites (N-methyl/N-ethyl adjacent to an activating group) is 1. The minimum atomic E-state index is -0.715. The van der Waals surface area contributed by atoms with Crippen LogP contribution >= 0.6 is 0 Å². The molecule has 0 bridgehead atoms. The molecular formula is C7H16NO2. The van der Waals surface area contributed by atoms with Gasteiger partial charge in [-0.15, -0.1) is 0 Å². The molecule has 0 aromatic carbocycles. The summed E-state index contributed by atoms with van der Waals surface area (Å²) in [5.74, 6) is 0. The monoisotopic (exact) mass is 146 g/mol. The van der Waals surface area contributed by atoms with Crippen molar-refractivity contribution in [1.82, 2.24) is 4.90 Å². The molecule has 61 valence electrons. The van der Waals surface area contributed by atoms with Gasteiger partial charge in [0.05, 0.1) is 6.10 Å². The van der Waals surface area contributed by atoms with Crippen molar-refractivity contribution in [1.29, 1.82) is 0 Å². The molecule has 0 aliphatic carbocycles. The molecule has 0 aliphatic rings. The number of nitrogens with zero attached hydrogens (tertiary/aromatic N) is 1. The molecule has 0 aliphatic heterocycles. The summed E-state index contributed by atoms with van der Waals surface area (Å²) in [6.45, 7) is 4.12. The average Bonchev–Trinajstić information content (AvgIpc) is 1.87. The van der Waals surface area contributed by atoms with Crippen LogP contribution in [0.1, 0.15) is 13.8 Å². The molecule has 0 rings (SSSR count). The van der Waals surface area contributed by atoms with E-state index >= 15 is 0 Å². The van der Waals surface area contributed by atoms with E-state index in [0.717, 1.165) is 0 Å². The number of aliphatic hydroxyl groups is 1. The fourth-order valence-electron chi connectivity index (χ4n) is 0.596. The molecule has 0 spiro atoms. The number of rotatable bonds is 4. The lowest BCUT2D eigenvalue weighted by molar-refractivity contribution is 0.0295. The second-order valence-electron chi connectivity index (χ2n) is 2.85. The van der Waals surface area contributed by atoms with Gasteiger partial charge in [0.25, 0.3) is 0 Å². The zero-order valence-electron chi connectivity index (χ0n) is 6.87. The van der Waals surface area contributed by atoms with E-state index in [0.29, 0.717) is 12.6 Å². The predicted molar refractivity (Wildman–Crippen MR) is 39.3 cm³/mol. The predicted octanol–water partition coefficient (Wildman–Crippen LogP) is 0.118. The first-order valence-electron chi connectivity index (χ1n) is 3.54. The van der Waals surface area contributed by atoms with Gasteiger partial charge in [0.15, 0.2) is 0 Å². The van der Waals surface area contributed by atoms with Gasteiger partial charge in [0, 0.05) is 12.6 Å². The summed E-state index contributed by atoms with van der Waals surface area (Å²) >= 11 is 0. The van der Waals surface area contributed by atoms with Crippen molar-refractivity contribution in [3.8, 4) is 0 Å². The summed E-state index contributed by atoms with van der Waals surface area (Å²) in [6.07, 6.45) is -0.715. The highest BCUT2D eigenvalue weighted by Gasteiger charge is 2.08. The van der Waals surface area contributed by atoms with Gasteiger partial charge in [-0.2, -0.15) is 0 Å². The van der Waals surface area contributed by atoms with Crippen LogP contribution in [0.3, 0.4) is 0 Å². The van der Waals surface area contributed by atoms with Gasteiger partial charge >= 0.3 is 0 Å². The molecule has 10 heavy (non-hydrogen) atoms. The summed E-state index contributed by atoms with van der Waals surface area (Å²) < 4.78 is 0. The molecule has 0 aromatic heterocycles. The van der Waals surface area contributed by atoms with Crippen LogP contribution in [-0.2, 0) is 5.11 Å². The third-order valence-corrected chi connectivity index (χ3v) is 1.57. The molecule has 1 atom stereocenters. The van der Waals surface area contributed by atoms with Crippen LogP contribution in [0.25, 0.3) is 0 Å². The summed E-state index contributed by atoms with van der Waals surface area (Å²) in [6, 6.07) is 0.390. The molecule has 3 nitrogen and oxygen atoms in total. The van der Waals surface area contributed by atoms with E-state index in [-0.39, 0.29) is 0 Å². The quantitative estimate of drug-likeness (QED) is 0.612. The highest BCUT2D eigenvalue weighted by atomic mass is 16.3. The zero-order chi connectivity index (χ0) is 8.15. The van der Waals surface area contributed by atoms with E-state index in [2.05, 4.69) is 0 Å². The highest BCUT2D eigenvalue weighted by Crippen LogP contribution is 1.94. The molecule has 3 heteroatoms. The van der Waals surface area contributed by atoms with E-state index in [1.165, 1.54) is 0 Å². The molecule has 0 saturated heterocycles. The minimum Gasteiger partial charge on any atom is -0.389 e. The van der Waals surface area contributed by atoms with Gasteiger partial charge in [-0.3, -0.25) is 0 Å². The van der Waals surface area contributed by atoms with Crippen molar-refractivity contribution in [3.63, 3.8) is 0 Å². The summed E-state index contributed by atoms with van der Waals surface area (Å²) in [4.78, 5) is 1.95. The summed E-state index contributed by atoms with van der Waals surface area (Å²) in [5, 5.41) is 19.0. The van der Waals surface area contributed by atoms with Crippen molar-refractivity contribution in [3.05, 3.63) is 0 Å². The van der Waals surface area contributed by atoms with Crippen LogP contribution in [0.2, 0.25) is 0 Å². The molecule has 0 saturated carbocycles. The Morgan fingerprint density at radius 1 is 1.50 bits per heavy atom. The Kier molecular flexibility index (Phi) is 4.60. The smallest absolute Gasteiger partial charge is 0.109 e. The number of hydrogen-bond acceptors (Lipinski definition) is 2. The van der Waals surface area contributed by atoms with Crippen molar-refractivity contribution >= 4 is 0 Å². The second-order valence-corrected chi connectivity index (χ2v) is 2.85. The van der Waals surface area contributed by atoms with Gasteiger partial charge in [-0.25, -0.2) is 5.11 Å². The SMILES string of the molecule is CC(C)N(C)CC(O)C[O]. The Morgan fingerprint density at radius 2 is 2.00 bits per heavy atom. The Hall–Kier alpha value is -0.120. The molecule has 1 radical (unpaired) electrons. The summed E-state index contributed by atoms with van der Waals surface area (Å²) in [5.41, 5.74) is 0. The van der Waals surface area contributed by atoms with Crippen LogP contribution < -0.4 is 0 Å². The fourth-order valence-corrected chi connectivity index (χ4v) is 0.596. The Bertz CT molecular complexity index is 85.7. The first kappa shape index (κ1) is 9.88. The van der Waals surface area contributed by atoms with Gasteiger partial charge < -0.3 is 10.0 Å². The molecule has 0 heterocycles. The maximum atomic E-state index is 10.1. The maximum Gasteiger partial charge on any atom is 0.109 e. The van der Waals surface area contributed by atoms with Crippen LogP contribution in [0.4, 0.5) is 0 Å². The molecule has 0 aromatic rings. The second kappa shape index (κ2) is 4.66. The largest absolute Gasteiger partial charge is 0.389 e. The van der Waals surface area contributed by atoms with Crippen LogP contribution in [0.15, 0.2) is 0 Å². The van der Waals surface area contributed by atoms with Crippen molar-refractivity contribution in [2.45, 2.75) is 26.0 Å². The Labute approximate surface area is 62.3 Å². The van der Waals surface area contributed by atoms with E-state index in [9.17, 15) is 5.11 Å². The van der Waals surface area contributed by atoms with E-state index in [4.69, 9.17) is 5.11 Å². The lowest BCUT2D eigenvalue weighted by Gasteiger charge is -2.22. The lowest BCUT2D eigenvalue weighted by atomic mass is 10.3. The van der Waals surface area contributed by atoms with Crippen molar-refractivity contribution in [2.75, 3.05) is 20.2 Å². The van der Waals surface area contributed by atoms with Crippen molar-refractivity contribution < 1.29 is 10.2 Å². The van der Waals surface area contributed by atoms with Gasteiger partial charge in [0.2, 0.25) is 0 Å². The molecular weight excluding hydrogens is 130 g/mol. The Morgan fingerprint density at radius 3 is 2.30 bits per heavy atom. The Balaban J connectivity index is 3.46.